The fraction of sp³-hybridized carbons (Fsp3) is 0. The molecule has 0 bridgehead atoms. The quantitative estimate of drug-likeness (QED) is 0.161. The number of fused-ring (bicyclic) bond motifs is 6. The molecule has 0 aliphatic carbocycles. The van der Waals surface area contributed by atoms with Crippen molar-refractivity contribution in [1.29, 1.82) is 0 Å². The molecule has 0 unspecified atom stereocenters. The van der Waals surface area contributed by atoms with Crippen molar-refractivity contribution in [3.63, 3.8) is 0 Å². The first-order valence-corrected chi connectivity index (χ1v) is 21.1. The summed E-state index contributed by atoms with van der Waals surface area (Å²) in [6.45, 7) is 0. The number of nitrogens with zero attached hydrogens (tertiary/aromatic N) is 4. The zero-order chi connectivity index (χ0) is 41.0. The van der Waals surface area contributed by atoms with Crippen molar-refractivity contribution in [3.05, 3.63) is 231 Å². The van der Waals surface area contributed by atoms with Gasteiger partial charge in [-0.2, -0.15) is 0 Å². The predicted octanol–water partition coefficient (Wildman–Crippen LogP) is 15.0. The summed E-state index contributed by atoms with van der Waals surface area (Å²) in [7, 11) is 0. The van der Waals surface area contributed by atoms with E-state index in [2.05, 4.69) is 203 Å². The van der Waals surface area contributed by atoms with Crippen LogP contribution in [0.25, 0.3) is 111 Å². The molecular weight excluding hydrogens is 753 g/mol. The van der Waals surface area contributed by atoms with Crippen LogP contribution in [-0.2, 0) is 0 Å². The van der Waals surface area contributed by atoms with Crippen molar-refractivity contribution in [1.82, 2.24) is 19.1 Å². The SMILES string of the molecule is c1ccc(-c2cc(-c3cccc(-c4ccc(-n5c6ccccc6c6cc(-c7ccc8c9ccccc9n(-c9ccccc9)c8c7)ccc65)cc4)c3)nc(-c3ccccc3)n2)cc1. The minimum atomic E-state index is 0.711. The maximum absolute atomic E-state index is 5.09. The number of rotatable bonds is 7. The number of hydrogen-bond acceptors (Lipinski definition) is 2. The first-order chi connectivity index (χ1) is 30.7. The molecule has 3 heterocycles. The first-order valence-electron chi connectivity index (χ1n) is 21.1. The van der Waals surface area contributed by atoms with Gasteiger partial charge in [0.25, 0.3) is 0 Å². The van der Waals surface area contributed by atoms with Crippen molar-refractivity contribution in [3.8, 4) is 67.5 Å². The average molecular weight is 791 g/mol. The van der Waals surface area contributed by atoms with E-state index >= 15 is 0 Å². The molecule has 0 spiro atoms. The molecule has 4 heteroatoms. The van der Waals surface area contributed by atoms with Crippen LogP contribution < -0.4 is 0 Å². The predicted molar refractivity (Wildman–Crippen MR) is 258 cm³/mol. The zero-order valence-electron chi connectivity index (χ0n) is 33.7. The normalized spacial score (nSPS) is 11.5. The smallest absolute Gasteiger partial charge is 0.160 e. The molecule has 0 aliphatic heterocycles. The molecule has 9 aromatic carbocycles. The van der Waals surface area contributed by atoms with Gasteiger partial charge >= 0.3 is 0 Å². The lowest BCUT2D eigenvalue weighted by Gasteiger charge is -2.12. The Labute approximate surface area is 359 Å². The highest BCUT2D eigenvalue weighted by Gasteiger charge is 2.17. The largest absolute Gasteiger partial charge is 0.309 e. The first kappa shape index (κ1) is 35.6. The van der Waals surface area contributed by atoms with Gasteiger partial charge in [-0.25, -0.2) is 9.97 Å². The highest BCUT2D eigenvalue weighted by atomic mass is 15.0. The zero-order valence-corrected chi connectivity index (χ0v) is 33.7. The van der Waals surface area contributed by atoms with E-state index in [0.29, 0.717) is 5.82 Å². The number of para-hydroxylation sites is 3. The van der Waals surface area contributed by atoms with Crippen LogP contribution in [0.2, 0.25) is 0 Å². The fourth-order valence-corrected chi connectivity index (χ4v) is 9.17. The van der Waals surface area contributed by atoms with Crippen LogP contribution in [0.1, 0.15) is 0 Å². The maximum atomic E-state index is 5.09. The lowest BCUT2D eigenvalue weighted by Crippen LogP contribution is -1.96. The molecule has 0 fully saturated rings. The second kappa shape index (κ2) is 14.7. The monoisotopic (exact) mass is 790 g/mol. The maximum Gasteiger partial charge on any atom is 0.160 e. The van der Waals surface area contributed by atoms with Gasteiger partial charge in [0.2, 0.25) is 0 Å². The van der Waals surface area contributed by atoms with E-state index in [0.717, 1.165) is 50.6 Å². The van der Waals surface area contributed by atoms with E-state index in [9.17, 15) is 0 Å². The Kier molecular flexibility index (Phi) is 8.46. The van der Waals surface area contributed by atoms with E-state index in [1.807, 2.05) is 36.4 Å². The molecule has 0 radical (unpaired) electrons. The van der Waals surface area contributed by atoms with Crippen LogP contribution in [0.3, 0.4) is 0 Å². The molecule has 4 nitrogen and oxygen atoms in total. The van der Waals surface area contributed by atoms with Gasteiger partial charge in [-0.1, -0.05) is 164 Å². The molecule has 290 valence electrons. The Hall–Kier alpha value is -8.34. The second-order valence-electron chi connectivity index (χ2n) is 15.8. The topological polar surface area (TPSA) is 35.6 Å². The molecule has 0 atom stereocenters. The van der Waals surface area contributed by atoms with Crippen molar-refractivity contribution < 1.29 is 0 Å². The summed E-state index contributed by atoms with van der Waals surface area (Å²) >= 11 is 0. The van der Waals surface area contributed by atoms with Crippen LogP contribution in [0, 0.1) is 0 Å². The standard InChI is InChI=1S/C58H38N4/c1-4-15-40(16-5-1)52-38-53(60-58(59-52)41-17-6-2-7-18-41)45-20-14-19-42(35-45)39-27-31-47(32-28-39)61-55-26-13-11-24-49(55)51-36-43(30-34-56(51)61)44-29-33-50-48-23-10-12-25-54(48)62(57(50)37-44)46-21-8-3-9-22-46/h1-38H. The molecular formula is C58H38N4. The highest BCUT2D eigenvalue weighted by Crippen LogP contribution is 2.39. The van der Waals surface area contributed by atoms with Crippen molar-refractivity contribution in [2.75, 3.05) is 0 Å². The Morgan fingerprint density at radius 3 is 1.44 bits per heavy atom. The summed E-state index contributed by atoms with van der Waals surface area (Å²) in [6, 6.07) is 82.2. The lowest BCUT2D eigenvalue weighted by atomic mass is 10.00. The summed E-state index contributed by atoms with van der Waals surface area (Å²) in [5.41, 5.74) is 16.6. The summed E-state index contributed by atoms with van der Waals surface area (Å²) in [4.78, 5) is 10.1. The van der Waals surface area contributed by atoms with Crippen LogP contribution >= 0.6 is 0 Å². The van der Waals surface area contributed by atoms with E-state index in [-0.39, 0.29) is 0 Å². The van der Waals surface area contributed by atoms with E-state index in [4.69, 9.17) is 9.97 Å². The second-order valence-corrected chi connectivity index (χ2v) is 15.8. The summed E-state index contributed by atoms with van der Waals surface area (Å²) < 4.78 is 4.78. The fourth-order valence-electron chi connectivity index (χ4n) is 9.17. The average Bonchev–Trinajstić information content (AvgIpc) is 3.87. The Balaban J connectivity index is 0.917. The molecule has 12 aromatic rings. The molecule has 0 N–H and O–H groups in total. The third-order valence-electron chi connectivity index (χ3n) is 12.1. The van der Waals surface area contributed by atoms with Gasteiger partial charge in [0.05, 0.1) is 33.5 Å². The van der Waals surface area contributed by atoms with Gasteiger partial charge in [-0.15, -0.1) is 0 Å². The summed E-state index contributed by atoms with van der Waals surface area (Å²) in [6.07, 6.45) is 0. The van der Waals surface area contributed by atoms with Crippen molar-refractivity contribution >= 4 is 43.6 Å². The number of benzene rings is 9. The van der Waals surface area contributed by atoms with Crippen LogP contribution in [0.4, 0.5) is 0 Å². The van der Waals surface area contributed by atoms with Gasteiger partial charge in [-0.05, 0) is 89.0 Å². The lowest BCUT2D eigenvalue weighted by molar-refractivity contribution is 1.18. The molecule has 62 heavy (non-hydrogen) atoms. The molecule has 0 aliphatic rings. The van der Waals surface area contributed by atoms with Crippen molar-refractivity contribution in [2.45, 2.75) is 0 Å². The van der Waals surface area contributed by atoms with E-state index < -0.39 is 0 Å². The van der Waals surface area contributed by atoms with Crippen molar-refractivity contribution in [2.24, 2.45) is 0 Å². The molecule has 12 rings (SSSR count). The molecule has 0 saturated carbocycles. The third kappa shape index (κ3) is 6.08. The molecule has 3 aromatic heterocycles. The van der Waals surface area contributed by atoms with E-state index in [1.165, 1.54) is 54.7 Å². The molecule has 0 saturated heterocycles. The van der Waals surface area contributed by atoms with Gasteiger partial charge in [0.15, 0.2) is 5.82 Å². The summed E-state index contributed by atoms with van der Waals surface area (Å²) in [5.74, 6) is 0.711. The third-order valence-corrected chi connectivity index (χ3v) is 12.1. The Morgan fingerprint density at radius 2 is 0.710 bits per heavy atom. The van der Waals surface area contributed by atoms with Crippen LogP contribution in [0.5, 0.6) is 0 Å². The highest BCUT2D eigenvalue weighted by molar-refractivity contribution is 6.12. The van der Waals surface area contributed by atoms with Gasteiger partial charge < -0.3 is 9.13 Å². The molecule has 0 amide bonds. The Morgan fingerprint density at radius 1 is 0.242 bits per heavy atom. The van der Waals surface area contributed by atoms with Gasteiger partial charge in [0.1, 0.15) is 0 Å². The minimum Gasteiger partial charge on any atom is -0.309 e. The van der Waals surface area contributed by atoms with Crippen LogP contribution in [0.15, 0.2) is 231 Å². The Bertz CT molecular complexity index is 3550. The van der Waals surface area contributed by atoms with E-state index in [1.54, 1.807) is 0 Å². The summed E-state index contributed by atoms with van der Waals surface area (Å²) in [5, 5.41) is 4.98. The number of aromatic nitrogens is 4. The van der Waals surface area contributed by atoms with Gasteiger partial charge in [-0.3, -0.25) is 0 Å². The van der Waals surface area contributed by atoms with Gasteiger partial charge in [0, 0.05) is 49.6 Å². The number of hydrogen-bond donors (Lipinski definition) is 0. The van der Waals surface area contributed by atoms with Crippen LogP contribution in [-0.4, -0.2) is 19.1 Å². The minimum absolute atomic E-state index is 0.711.